The van der Waals surface area contributed by atoms with Gasteiger partial charge in [-0.25, -0.2) is 0 Å². The Kier molecular flexibility index (Phi) is 3.81. The lowest BCUT2D eigenvalue weighted by Crippen LogP contribution is -2.32. The average Bonchev–Trinajstić information content (AvgIpc) is 2.20. The topological polar surface area (TPSA) is 106 Å². The summed E-state index contributed by atoms with van der Waals surface area (Å²) in [6.45, 7) is 0. The third-order valence-corrected chi connectivity index (χ3v) is 2.37. The molecule has 1 aromatic carbocycles. The molecule has 0 fully saturated rings. The van der Waals surface area contributed by atoms with E-state index in [1.165, 1.54) is 18.2 Å². The van der Waals surface area contributed by atoms with Crippen LogP contribution in [0.4, 0.5) is 5.69 Å². The van der Waals surface area contributed by atoms with E-state index in [9.17, 15) is 14.9 Å². The lowest BCUT2D eigenvalue weighted by atomic mass is 10.1. The van der Waals surface area contributed by atoms with E-state index in [4.69, 9.17) is 22.4 Å². The molecule has 0 aromatic heterocycles. The molecular formula is C9H9ClN2O4. The van der Waals surface area contributed by atoms with Crippen molar-refractivity contribution in [2.24, 2.45) is 5.73 Å². The number of halogens is 1. The summed E-state index contributed by atoms with van der Waals surface area (Å²) in [7, 11) is 0. The molecular weight excluding hydrogens is 236 g/mol. The number of carboxylic acids is 1. The van der Waals surface area contributed by atoms with Crippen LogP contribution in [0.25, 0.3) is 0 Å². The van der Waals surface area contributed by atoms with Gasteiger partial charge in [0, 0.05) is 17.2 Å². The number of carbonyl (C=O) groups is 1. The highest BCUT2D eigenvalue weighted by Crippen LogP contribution is 2.22. The van der Waals surface area contributed by atoms with Gasteiger partial charge in [0.1, 0.15) is 6.04 Å². The molecule has 1 aromatic rings. The normalized spacial score (nSPS) is 12.1. The highest BCUT2D eigenvalue weighted by Gasteiger charge is 2.16. The second-order valence-corrected chi connectivity index (χ2v) is 3.59. The van der Waals surface area contributed by atoms with Crippen LogP contribution >= 0.6 is 11.6 Å². The Hall–Kier alpha value is -1.66. The van der Waals surface area contributed by atoms with E-state index in [0.717, 1.165) is 0 Å². The Morgan fingerprint density at radius 3 is 2.75 bits per heavy atom. The molecule has 16 heavy (non-hydrogen) atoms. The third kappa shape index (κ3) is 2.91. The van der Waals surface area contributed by atoms with Gasteiger partial charge in [0.2, 0.25) is 0 Å². The van der Waals surface area contributed by atoms with E-state index in [-0.39, 0.29) is 17.1 Å². The minimum Gasteiger partial charge on any atom is -0.480 e. The Morgan fingerprint density at radius 2 is 2.25 bits per heavy atom. The van der Waals surface area contributed by atoms with E-state index in [2.05, 4.69) is 0 Å². The quantitative estimate of drug-likeness (QED) is 0.611. The molecule has 0 aliphatic carbocycles. The molecule has 0 saturated heterocycles. The van der Waals surface area contributed by atoms with Crippen LogP contribution in [0.1, 0.15) is 5.56 Å². The third-order valence-electron chi connectivity index (χ3n) is 2.00. The van der Waals surface area contributed by atoms with Crippen molar-refractivity contribution in [1.29, 1.82) is 0 Å². The number of nitro groups is 1. The summed E-state index contributed by atoms with van der Waals surface area (Å²) in [5.41, 5.74) is 5.53. The molecule has 7 heteroatoms. The molecule has 0 bridgehead atoms. The molecule has 0 spiro atoms. The largest absolute Gasteiger partial charge is 0.480 e. The van der Waals surface area contributed by atoms with Gasteiger partial charge in [0.25, 0.3) is 5.69 Å². The van der Waals surface area contributed by atoms with E-state index in [0.29, 0.717) is 5.56 Å². The zero-order chi connectivity index (χ0) is 12.3. The summed E-state index contributed by atoms with van der Waals surface area (Å²) in [6, 6.07) is 2.70. The fraction of sp³-hybridized carbons (Fsp3) is 0.222. The first-order valence-electron chi connectivity index (χ1n) is 4.33. The van der Waals surface area contributed by atoms with Gasteiger partial charge in [0.15, 0.2) is 0 Å². The Balaban J connectivity index is 2.98. The molecule has 0 heterocycles. The zero-order valence-corrected chi connectivity index (χ0v) is 8.85. The number of nitrogens with zero attached hydrogens (tertiary/aromatic N) is 1. The lowest BCUT2D eigenvalue weighted by molar-refractivity contribution is -0.384. The van der Waals surface area contributed by atoms with Crippen molar-refractivity contribution in [2.75, 3.05) is 0 Å². The number of non-ortho nitro benzene ring substituents is 1. The van der Waals surface area contributed by atoms with E-state index in [1.54, 1.807) is 0 Å². The summed E-state index contributed by atoms with van der Waals surface area (Å²) in [5, 5.41) is 19.4. The van der Waals surface area contributed by atoms with Gasteiger partial charge in [-0.05, 0) is 18.1 Å². The second kappa shape index (κ2) is 4.91. The molecule has 0 amide bonds. The van der Waals surface area contributed by atoms with Gasteiger partial charge in [-0.1, -0.05) is 11.6 Å². The Labute approximate surface area is 95.8 Å². The van der Waals surface area contributed by atoms with Crippen LogP contribution in [-0.4, -0.2) is 22.0 Å². The zero-order valence-electron chi connectivity index (χ0n) is 8.09. The van der Waals surface area contributed by atoms with Crippen molar-refractivity contribution >= 4 is 23.3 Å². The summed E-state index contributed by atoms with van der Waals surface area (Å²) in [4.78, 5) is 20.5. The minimum atomic E-state index is -1.18. The number of nitrogens with two attached hydrogens (primary N) is 1. The molecule has 3 N–H and O–H groups in total. The van der Waals surface area contributed by atoms with E-state index < -0.39 is 16.9 Å². The standard InChI is InChI=1S/C9H9ClN2O4/c10-7-2-1-6(12(15)16)3-5(7)4-8(11)9(13)14/h1-3,8H,4,11H2,(H,13,14)/t8-/m1/s1. The van der Waals surface area contributed by atoms with E-state index in [1.807, 2.05) is 0 Å². The Morgan fingerprint density at radius 1 is 1.62 bits per heavy atom. The van der Waals surface area contributed by atoms with Gasteiger partial charge in [-0.2, -0.15) is 0 Å². The van der Waals surface area contributed by atoms with Crippen LogP contribution in [-0.2, 0) is 11.2 Å². The molecule has 0 unspecified atom stereocenters. The number of nitro benzene ring substituents is 1. The van der Waals surface area contributed by atoms with Gasteiger partial charge < -0.3 is 10.8 Å². The van der Waals surface area contributed by atoms with Crippen LogP contribution in [0.3, 0.4) is 0 Å². The molecule has 0 saturated carbocycles. The summed E-state index contributed by atoms with van der Waals surface area (Å²) in [6.07, 6.45) is -0.0458. The number of rotatable bonds is 4. The lowest BCUT2D eigenvalue weighted by Gasteiger charge is -2.07. The molecule has 1 rings (SSSR count). The molecule has 6 nitrogen and oxygen atoms in total. The predicted molar refractivity (Wildman–Crippen MR) is 57.4 cm³/mol. The predicted octanol–water partition coefficient (Wildman–Crippen LogP) is 1.20. The van der Waals surface area contributed by atoms with Gasteiger partial charge in [0.05, 0.1) is 4.92 Å². The fourth-order valence-electron chi connectivity index (χ4n) is 1.16. The second-order valence-electron chi connectivity index (χ2n) is 3.18. The van der Waals surface area contributed by atoms with Crippen molar-refractivity contribution in [3.05, 3.63) is 38.9 Å². The van der Waals surface area contributed by atoms with Crippen molar-refractivity contribution in [3.63, 3.8) is 0 Å². The smallest absolute Gasteiger partial charge is 0.320 e. The molecule has 0 radical (unpaired) electrons. The van der Waals surface area contributed by atoms with Crippen molar-refractivity contribution in [1.82, 2.24) is 0 Å². The van der Waals surface area contributed by atoms with Gasteiger partial charge >= 0.3 is 5.97 Å². The van der Waals surface area contributed by atoms with Crippen LogP contribution < -0.4 is 5.73 Å². The van der Waals surface area contributed by atoms with Crippen molar-refractivity contribution in [2.45, 2.75) is 12.5 Å². The van der Waals surface area contributed by atoms with Gasteiger partial charge in [-0.3, -0.25) is 14.9 Å². The SMILES string of the molecule is N[C@H](Cc1cc([N+](=O)[O-])ccc1Cl)C(=O)O. The highest BCUT2D eigenvalue weighted by molar-refractivity contribution is 6.31. The Bertz CT molecular complexity index is 436. The molecule has 0 aliphatic rings. The summed E-state index contributed by atoms with van der Waals surface area (Å²) >= 11 is 5.78. The number of carboxylic acid groups (broad SMARTS) is 1. The number of benzene rings is 1. The maximum Gasteiger partial charge on any atom is 0.320 e. The maximum absolute atomic E-state index is 10.5. The van der Waals surface area contributed by atoms with E-state index >= 15 is 0 Å². The first-order chi connectivity index (χ1) is 7.41. The summed E-state index contributed by atoms with van der Waals surface area (Å²) in [5.74, 6) is -1.18. The highest BCUT2D eigenvalue weighted by atomic mass is 35.5. The number of aliphatic carboxylic acids is 1. The molecule has 86 valence electrons. The monoisotopic (exact) mass is 244 g/mol. The summed E-state index contributed by atoms with van der Waals surface area (Å²) < 4.78 is 0. The molecule has 1 atom stereocenters. The van der Waals surface area contributed by atoms with Crippen LogP contribution in [0, 0.1) is 10.1 Å². The van der Waals surface area contributed by atoms with Crippen molar-refractivity contribution in [3.8, 4) is 0 Å². The van der Waals surface area contributed by atoms with Crippen molar-refractivity contribution < 1.29 is 14.8 Å². The fourth-order valence-corrected chi connectivity index (χ4v) is 1.35. The first kappa shape index (κ1) is 12.4. The first-order valence-corrected chi connectivity index (χ1v) is 4.71. The van der Waals surface area contributed by atoms with Crippen LogP contribution in [0.5, 0.6) is 0 Å². The molecule has 0 aliphatic heterocycles. The maximum atomic E-state index is 10.5. The number of hydrogen-bond donors (Lipinski definition) is 2. The van der Waals surface area contributed by atoms with Crippen LogP contribution in [0.15, 0.2) is 18.2 Å². The van der Waals surface area contributed by atoms with Gasteiger partial charge in [-0.15, -0.1) is 0 Å². The van der Waals surface area contributed by atoms with Crippen LogP contribution in [0.2, 0.25) is 5.02 Å². The average molecular weight is 245 g/mol. The number of hydrogen-bond acceptors (Lipinski definition) is 4. The minimum absolute atomic E-state index is 0.0458.